The predicted octanol–water partition coefficient (Wildman–Crippen LogP) is 7.54. The van der Waals surface area contributed by atoms with Crippen LogP contribution in [0.1, 0.15) is 0 Å². The van der Waals surface area contributed by atoms with Crippen molar-refractivity contribution < 1.29 is 83.4 Å². The van der Waals surface area contributed by atoms with Crippen LogP contribution in [0.3, 0.4) is 0 Å². The summed E-state index contributed by atoms with van der Waals surface area (Å²) in [5.41, 5.74) is 0. The molecule has 0 heterocycles. The average Bonchev–Trinajstić information content (AvgIpc) is 2.51. The summed E-state index contributed by atoms with van der Waals surface area (Å²) in [7, 11) is 0. The quantitative estimate of drug-likeness (QED) is 0.207. The van der Waals surface area contributed by atoms with Crippen LogP contribution >= 0.6 is 22.6 Å². The molecule has 0 bridgehead atoms. The molecule has 0 N–H and O–H groups in total. The van der Waals surface area contributed by atoms with Crippen molar-refractivity contribution in [3.8, 4) is 0 Å². The van der Waals surface area contributed by atoms with Gasteiger partial charge in [-0.05, 0) is 22.6 Å². The standard InChI is InChI=1S/C10F19I/c11-1(2(12)30)3(13,14)4(15,16)5(17,18)6(19,20)7(21,22)8(23,24)9(25,26)10(27,28)29/b2-1-. The molecule has 0 aromatic rings. The lowest BCUT2D eigenvalue weighted by atomic mass is 9.89. The van der Waals surface area contributed by atoms with Crippen molar-refractivity contribution in [3.05, 3.63) is 9.66 Å². The molecule has 0 aliphatic heterocycles. The van der Waals surface area contributed by atoms with Gasteiger partial charge in [0.1, 0.15) is 0 Å². The molecule has 180 valence electrons. The number of allylic oxidation sites excluding steroid dienone is 1. The van der Waals surface area contributed by atoms with Gasteiger partial charge >= 0.3 is 47.6 Å². The summed E-state index contributed by atoms with van der Waals surface area (Å²) in [6.45, 7) is 0. The Morgan fingerprint density at radius 1 is 0.400 bits per heavy atom. The summed E-state index contributed by atoms with van der Waals surface area (Å²) in [5.74, 6) is -63.3. The Morgan fingerprint density at radius 3 is 0.867 bits per heavy atom. The van der Waals surface area contributed by atoms with E-state index in [2.05, 4.69) is 0 Å². The van der Waals surface area contributed by atoms with Gasteiger partial charge in [-0.1, -0.05) is 0 Å². The monoisotopic (exact) mass is 608 g/mol. The maximum Gasteiger partial charge on any atom is 0.460 e. The van der Waals surface area contributed by atoms with E-state index in [1.165, 1.54) is 0 Å². The van der Waals surface area contributed by atoms with Crippen molar-refractivity contribution in [3.63, 3.8) is 0 Å². The molecule has 0 amide bonds. The third kappa shape index (κ3) is 3.56. The van der Waals surface area contributed by atoms with Crippen molar-refractivity contribution >= 4 is 22.6 Å². The molecule has 30 heavy (non-hydrogen) atoms. The van der Waals surface area contributed by atoms with Crippen molar-refractivity contribution in [1.29, 1.82) is 0 Å². The molecule has 20 heteroatoms. The first kappa shape index (κ1) is 29.1. The minimum absolute atomic E-state index is 0.269. The van der Waals surface area contributed by atoms with Gasteiger partial charge in [-0.15, -0.1) is 0 Å². The Labute approximate surface area is 164 Å². The number of alkyl halides is 17. The van der Waals surface area contributed by atoms with Gasteiger partial charge in [-0.2, -0.15) is 79.0 Å². The minimum Gasteiger partial charge on any atom is -0.201 e. The van der Waals surface area contributed by atoms with Gasteiger partial charge in [-0.25, -0.2) is 4.39 Å². The number of rotatable bonds is 7. The lowest BCUT2D eigenvalue weighted by molar-refractivity contribution is -0.460. The van der Waals surface area contributed by atoms with E-state index in [9.17, 15) is 83.4 Å². The van der Waals surface area contributed by atoms with Gasteiger partial charge in [-0.3, -0.25) is 0 Å². The number of hydrogen-bond donors (Lipinski definition) is 0. The topological polar surface area (TPSA) is 0 Å². The zero-order valence-electron chi connectivity index (χ0n) is 12.6. The van der Waals surface area contributed by atoms with Crippen LogP contribution in [0.2, 0.25) is 0 Å². The summed E-state index contributed by atoms with van der Waals surface area (Å²) in [4.78, 5) is 0. The van der Waals surface area contributed by atoms with Crippen LogP contribution < -0.4 is 0 Å². The second kappa shape index (κ2) is 7.34. The number of halogens is 20. The van der Waals surface area contributed by atoms with Crippen LogP contribution in [0.25, 0.3) is 0 Å². The Kier molecular flexibility index (Phi) is 7.13. The third-order valence-electron chi connectivity index (χ3n) is 3.16. The first-order chi connectivity index (χ1) is 12.6. The molecule has 0 saturated heterocycles. The van der Waals surface area contributed by atoms with Crippen molar-refractivity contribution in [2.45, 2.75) is 47.6 Å². The molecule has 0 aromatic carbocycles. The Morgan fingerprint density at radius 2 is 0.633 bits per heavy atom. The second-order valence-corrected chi connectivity index (χ2v) is 6.04. The van der Waals surface area contributed by atoms with Crippen molar-refractivity contribution in [2.24, 2.45) is 0 Å². The molecule has 0 saturated carbocycles. The van der Waals surface area contributed by atoms with Crippen LogP contribution in [-0.4, -0.2) is 47.6 Å². The van der Waals surface area contributed by atoms with E-state index in [1.807, 2.05) is 0 Å². The summed E-state index contributed by atoms with van der Waals surface area (Å²) >= 11 is -0.269. The fraction of sp³-hybridized carbons (Fsp3) is 0.800. The maximum absolute atomic E-state index is 13.2. The van der Waals surface area contributed by atoms with Gasteiger partial charge in [0.25, 0.3) is 0 Å². The van der Waals surface area contributed by atoms with E-state index >= 15 is 0 Å². The van der Waals surface area contributed by atoms with E-state index in [1.54, 1.807) is 0 Å². The van der Waals surface area contributed by atoms with Gasteiger partial charge < -0.3 is 0 Å². The molecule has 0 aliphatic rings. The highest BCUT2D eigenvalue weighted by atomic mass is 127. The average molecular weight is 608 g/mol. The molecule has 0 atom stereocenters. The first-order valence-corrected chi connectivity index (χ1v) is 7.11. The van der Waals surface area contributed by atoms with Crippen LogP contribution in [0.15, 0.2) is 9.66 Å². The molecule has 0 spiro atoms. The first-order valence-electron chi connectivity index (χ1n) is 6.03. The fourth-order valence-electron chi connectivity index (χ4n) is 1.42. The molecule has 0 radical (unpaired) electrons. The molecule has 0 aliphatic carbocycles. The van der Waals surface area contributed by atoms with Crippen LogP contribution in [-0.2, 0) is 0 Å². The number of hydrogen-bond acceptors (Lipinski definition) is 0. The summed E-state index contributed by atoms with van der Waals surface area (Å²) in [6, 6.07) is 0. The lowest BCUT2D eigenvalue weighted by Crippen LogP contribution is -2.74. The minimum atomic E-state index is -8.83. The van der Waals surface area contributed by atoms with E-state index in [4.69, 9.17) is 0 Å². The Balaban J connectivity index is 6.89. The fourth-order valence-corrected chi connectivity index (χ4v) is 1.76. The highest BCUT2D eigenvalue weighted by Crippen LogP contribution is 2.64. The normalized spacial score (nSPS) is 17.2. The Bertz CT molecular complexity index is 678. The SMILES string of the molecule is F/C(I)=C(/F)C(F)(F)C(F)(F)C(F)(F)C(F)(F)C(F)(F)C(F)(F)C(F)(F)C(F)(F)F. The van der Waals surface area contributed by atoms with Gasteiger partial charge in [0.05, 0.1) is 0 Å². The molecule has 0 fully saturated rings. The van der Waals surface area contributed by atoms with Gasteiger partial charge in [0.15, 0.2) is 3.83 Å². The van der Waals surface area contributed by atoms with Crippen LogP contribution in [0.5, 0.6) is 0 Å². The molecule has 0 unspecified atom stereocenters. The highest BCUT2D eigenvalue weighted by molar-refractivity contribution is 14.1. The largest absolute Gasteiger partial charge is 0.460 e. The summed E-state index contributed by atoms with van der Waals surface area (Å²) in [6.07, 6.45) is -7.86. The maximum atomic E-state index is 13.2. The lowest BCUT2D eigenvalue weighted by Gasteiger charge is -2.42. The second-order valence-electron chi connectivity index (χ2n) is 5.09. The Hall–Kier alpha value is -0.860. The molecular weight excluding hydrogens is 608 g/mol. The van der Waals surface area contributed by atoms with Gasteiger partial charge in [0.2, 0.25) is 5.83 Å². The highest BCUT2D eigenvalue weighted by Gasteiger charge is 2.95. The van der Waals surface area contributed by atoms with Crippen LogP contribution in [0.4, 0.5) is 83.4 Å². The van der Waals surface area contributed by atoms with Crippen molar-refractivity contribution in [1.82, 2.24) is 0 Å². The van der Waals surface area contributed by atoms with E-state index < -0.39 is 57.3 Å². The molecule has 0 aromatic heterocycles. The van der Waals surface area contributed by atoms with Gasteiger partial charge in [0, 0.05) is 0 Å². The van der Waals surface area contributed by atoms with Crippen molar-refractivity contribution in [2.75, 3.05) is 0 Å². The predicted molar refractivity (Wildman–Crippen MR) is 63.9 cm³/mol. The molecule has 0 nitrogen and oxygen atoms in total. The van der Waals surface area contributed by atoms with E-state index in [-0.39, 0.29) is 22.6 Å². The van der Waals surface area contributed by atoms with E-state index in [0.29, 0.717) is 0 Å². The van der Waals surface area contributed by atoms with E-state index in [0.717, 1.165) is 0 Å². The third-order valence-corrected chi connectivity index (χ3v) is 3.64. The zero-order chi connectivity index (χ0) is 25.2. The molecular formula is C10F19I. The van der Waals surface area contributed by atoms with Crippen LogP contribution in [0, 0.1) is 0 Å². The smallest absolute Gasteiger partial charge is 0.201 e. The summed E-state index contributed by atoms with van der Waals surface area (Å²) < 4.78 is 239. The zero-order valence-corrected chi connectivity index (χ0v) is 14.7. The molecule has 0 rings (SSSR count). The summed E-state index contributed by atoms with van der Waals surface area (Å²) in [5, 5.41) is 0.